The van der Waals surface area contributed by atoms with Crippen LogP contribution in [0.25, 0.3) is 0 Å². The van der Waals surface area contributed by atoms with Crippen LogP contribution in [0.3, 0.4) is 0 Å². The van der Waals surface area contributed by atoms with Crippen LogP contribution in [0.2, 0.25) is 0 Å². The quantitative estimate of drug-likeness (QED) is 0.429. The summed E-state index contributed by atoms with van der Waals surface area (Å²) >= 11 is 0. The van der Waals surface area contributed by atoms with Gasteiger partial charge in [-0.1, -0.05) is 0 Å². The predicted molar refractivity (Wildman–Crippen MR) is 89.3 cm³/mol. The Morgan fingerprint density at radius 1 is 1.12 bits per heavy atom. The molecule has 2 amide bonds. The zero-order valence-corrected chi connectivity index (χ0v) is 14.4. The number of carbonyl (C=O) groups is 3. The van der Waals surface area contributed by atoms with E-state index < -0.39 is 22.5 Å². The third kappa shape index (κ3) is 5.55. The summed E-state index contributed by atoms with van der Waals surface area (Å²) in [5.41, 5.74) is -0.605. The van der Waals surface area contributed by atoms with Crippen molar-refractivity contribution in [1.82, 2.24) is 10.2 Å². The molecule has 0 aliphatic rings. The number of carbonyl (C=O) groups excluding carboxylic acids is 3. The number of ether oxygens (including phenoxy) is 1. The van der Waals surface area contributed by atoms with Crippen molar-refractivity contribution in [2.45, 2.75) is 20.8 Å². The fourth-order valence-electron chi connectivity index (χ4n) is 2.13. The Labute approximate surface area is 145 Å². The largest absolute Gasteiger partial charge is 0.462 e. The number of hydrogen-bond donors (Lipinski definition) is 1. The van der Waals surface area contributed by atoms with E-state index in [1.807, 2.05) is 13.8 Å². The number of benzene rings is 1. The van der Waals surface area contributed by atoms with Crippen LogP contribution < -0.4 is 5.32 Å². The SMILES string of the molecule is CCOC(=O)c1cc(C(=O)NCC(=O)N(CC)CC)cc([N+](=O)[O-])c1. The van der Waals surface area contributed by atoms with Crippen LogP contribution in [-0.2, 0) is 9.53 Å². The maximum absolute atomic E-state index is 12.2. The molecule has 1 aromatic carbocycles. The van der Waals surface area contributed by atoms with Crippen LogP contribution in [0.15, 0.2) is 18.2 Å². The minimum absolute atomic E-state index is 0.0930. The minimum atomic E-state index is -0.764. The number of nitro benzene ring substituents is 1. The lowest BCUT2D eigenvalue weighted by atomic mass is 10.1. The Morgan fingerprint density at radius 3 is 2.24 bits per heavy atom. The molecule has 0 saturated heterocycles. The monoisotopic (exact) mass is 351 g/mol. The second-order valence-electron chi connectivity index (χ2n) is 4.99. The molecule has 0 unspecified atom stereocenters. The summed E-state index contributed by atoms with van der Waals surface area (Å²) in [6.07, 6.45) is 0. The third-order valence-electron chi connectivity index (χ3n) is 3.42. The third-order valence-corrected chi connectivity index (χ3v) is 3.42. The molecule has 9 heteroatoms. The van der Waals surface area contributed by atoms with Gasteiger partial charge in [0.25, 0.3) is 11.6 Å². The van der Waals surface area contributed by atoms with E-state index in [1.165, 1.54) is 11.0 Å². The second kappa shape index (κ2) is 9.36. The Bertz CT molecular complexity index is 670. The van der Waals surface area contributed by atoms with E-state index in [0.717, 1.165) is 12.1 Å². The lowest BCUT2D eigenvalue weighted by molar-refractivity contribution is -0.384. The average molecular weight is 351 g/mol. The summed E-state index contributed by atoms with van der Waals surface area (Å²) in [6.45, 7) is 6.11. The normalized spacial score (nSPS) is 10.0. The van der Waals surface area contributed by atoms with Crippen molar-refractivity contribution in [2.75, 3.05) is 26.2 Å². The maximum atomic E-state index is 12.2. The highest BCUT2D eigenvalue weighted by Gasteiger charge is 2.19. The van der Waals surface area contributed by atoms with Crippen molar-refractivity contribution in [3.05, 3.63) is 39.4 Å². The molecule has 25 heavy (non-hydrogen) atoms. The van der Waals surface area contributed by atoms with Crippen LogP contribution in [0.5, 0.6) is 0 Å². The molecule has 0 radical (unpaired) electrons. The van der Waals surface area contributed by atoms with Gasteiger partial charge in [0.1, 0.15) is 0 Å². The number of hydrogen-bond acceptors (Lipinski definition) is 6. The zero-order chi connectivity index (χ0) is 19.0. The first-order chi connectivity index (χ1) is 11.8. The Hall–Kier alpha value is -2.97. The van der Waals surface area contributed by atoms with E-state index in [1.54, 1.807) is 6.92 Å². The molecule has 1 aromatic rings. The van der Waals surface area contributed by atoms with Crippen LogP contribution in [0, 0.1) is 10.1 Å². The van der Waals surface area contributed by atoms with Gasteiger partial charge in [0.2, 0.25) is 5.91 Å². The van der Waals surface area contributed by atoms with E-state index in [4.69, 9.17) is 4.74 Å². The van der Waals surface area contributed by atoms with Gasteiger partial charge >= 0.3 is 5.97 Å². The first kappa shape index (κ1) is 20.1. The maximum Gasteiger partial charge on any atom is 0.338 e. The molecule has 136 valence electrons. The molecular formula is C16H21N3O6. The van der Waals surface area contributed by atoms with E-state index in [-0.39, 0.29) is 30.2 Å². The number of esters is 1. The highest BCUT2D eigenvalue weighted by atomic mass is 16.6. The Morgan fingerprint density at radius 2 is 1.72 bits per heavy atom. The van der Waals surface area contributed by atoms with E-state index in [0.29, 0.717) is 13.1 Å². The van der Waals surface area contributed by atoms with Gasteiger partial charge in [-0.3, -0.25) is 19.7 Å². The number of amides is 2. The summed E-state index contributed by atoms with van der Waals surface area (Å²) in [6, 6.07) is 3.28. The van der Waals surface area contributed by atoms with Gasteiger partial charge in [-0.25, -0.2) is 4.79 Å². The summed E-state index contributed by atoms with van der Waals surface area (Å²) < 4.78 is 4.80. The second-order valence-corrected chi connectivity index (χ2v) is 4.99. The molecule has 0 aliphatic carbocycles. The minimum Gasteiger partial charge on any atom is -0.462 e. The van der Waals surface area contributed by atoms with E-state index in [2.05, 4.69) is 5.32 Å². The first-order valence-corrected chi connectivity index (χ1v) is 7.86. The molecule has 0 heterocycles. The fraction of sp³-hybridized carbons (Fsp3) is 0.438. The number of nitrogens with one attached hydrogen (secondary N) is 1. The molecule has 0 bridgehead atoms. The van der Waals surface area contributed by atoms with E-state index >= 15 is 0 Å². The Kier molecular flexibility index (Phi) is 7.51. The lowest BCUT2D eigenvalue weighted by Gasteiger charge is -2.18. The zero-order valence-electron chi connectivity index (χ0n) is 14.4. The summed E-state index contributed by atoms with van der Waals surface area (Å²) in [4.78, 5) is 47.7. The number of rotatable bonds is 8. The first-order valence-electron chi connectivity index (χ1n) is 7.86. The van der Waals surface area contributed by atoms with Crippen molar-refractivity contribution < 1.29 is 24.0 Å². The molecule has 9 nitrogen and oxygen atoms in total. The lowest BCUT2D eigenvalue weighted by Crippen LogP contribution is -2.40. The van der Waals surface area contributed by atoms with Gasteiger partial charge in [-0.15, -0.1) is 0 Å². The fourth-order valence-corrected chi connectivity index (χ4v) is 2.13. The van der Waals surface area contributed by atoms with Crippen molar-refractivity contribution in [1.29, 1.82) is 0 Å². The van der Waals surface area contributed by atoms with Gasteiger partial charge in [-0.2, -0.15) is 0 Å². The molecule has 1 rings (SSSR count). The molecule has 0 atom stereocenters. The molecule has 0 spiro atoms. The number of non-ortho nitro benzene ring substituents is 1. The van der Waals surface area contributed by atoms with Gasteiger partial charge in [-0.05, 0) is 26.8 Å². The number of nitrogens with zero attached hydrogens (tertiary/aromatic N) is 2. The molecule has 0 saturated carbocycles. The standard InChI is InChI=1S/C16H21N3O6/c1-4-18(5-2)14(20)10-17-15(21)11-7-12(16(22)25-6-3)9-13(8-11)19(23)24/h7-9H,4-6,10H2,1-3H3,(H,17,21). The van der Waals surface area contributed by atoms with Crippen LogP contribution in [-0.4, -0.2) is 53.8 Å². The molecule has 0 fully saturated rings. The van der Waals surface area contributed by atoms with E-state index in [9.17, 15) is 24.5 Å². The average Bonchev–Trinajstić information content (AvgIpc) is 2.60. The molecular weight excluding hydrogens is 330 g/mol. The number of nitro groups is 1. The highest BCUT2D eigenvalue weighted by Crippen LogP contribution is 2.18. The van der Waals surface area contributed by atoms with Crippen molar-refractivity contribution >= 4 is 23.5 Å². The molecule has 0 aliphatic heterocycles. The van der Waals surface area contributed by atoms with Crippen LogP contribution in [0.4, 0.5) is 5.69 Å². The van der Waals surface area contributed by atoms with Crippen molar-refractivity contribution in [3.63, 3.8) is 0 Å². The molecule has 1 N–H and O–H groups in total. The van der Waals surface area contributed by atoms with Crippen molar-refractivity contribution in [2.24, 2.45) is 0 Å². The van der Waals surface area contributed by atoms with Crippen molar-refractivity contribution in [3.8, 4) is 0 Å². The summed E-state index contributed by atoms with van der Waals surface area (Å²) in [5, 5.41) is 13.4. The topological polar surface area (TPSA) is 119 Å². The predicted octanol–water partition coefficient (Wildman–Crippen LogP) is 1.37. The van der Waals surface area contributed by atoms with Gasteiger partial charge in [0.15, 0.2) is 0 Å². The van der Waals surface area contributed by atoms with Crippen LogP contribution in [0.1, 0.15) is 41.5 Å². The van der Waals surface area contributed by atoms with Gasteiger partial charge < -0.3 is 15.0 Å². The van der Waals surface area contributed by atoms with Crippen LogP contribution >= 0.6 is 0 Å². The van der Waals surface area contributed by atoms with Gasteiger partial charge in [0.05, 0.1) is 23.6 Å². The smallest absolute Gasteiger partial charge is 0.338 e. The van der Waals surface area contributed by atoms with Gasteiger partial charge in [0, 0.05) is 30.8 Å². The molecule has 0 aromatic heterocycles. The number of likely N-dealkylation sites (N-methyl/N-ethyl adjacent to an activating group) is 1. The summed E-state index contributed by atoms with van der Waals surface area (Å²) in [5.74, 6) is -1.72. The highest BCUT2D eigenvalue weighted by molar-refractivity contribution is 6.00. The Balaban J connectivity index is 2.98. The summed E-state index contributed by atoms with van der Waals surface area (Å²) in [7, 11) is 0.